The predicted octanol–water partition coefficient (Wildman–Crippen LogP) is 8.42. The second-order valence-corrected chi connectivity index (χ2v) is 11.6. The fourth-order valence-corrected chi connectivity index (χ4v) is 5.55. The minimum absolute atomic E-state index is 0.371. The van der Waals surface area contributed by atoms with Crippen molar-refractivity contribution in [3.63, 3.8) is 0 Å². The maximum Gasteiger partial charge on any atom is 0.330 e. The summed E-state index contributed by atoms with van der Waals surface area (Å²) < 4.78 is 17.2. The summed E-state index contributed by atoms with van der Waals surface area (Å²) in [7, 11) is -2.94. The Kier molecular flexibility index (Phi) is 22.2. The normalized spacial score (nSPS) is 13.1. The van der Waals surface area contributed by atoms with Crippen molar-refractivity contribution in [2.45, 2.75) is 129 Å². The third-order valence-corrected chi connectivity index (χ3v) is 7.95. The monoisotopic (exact) mass is 458 g/mol. The lowest BCUT2D eigenvalue weighted by Crippen LogP contribution is -2.01. The molecule has 0 fully saturated rings. The highest BCUT2D eigenvalue weighted by atomic mass is 31.2. The van der Waals surface area contributed by atoms with Crippen LogP contribution in [-0.2, 0) is 14.1 Å². The highest BCUT2D eigenvalue weighted by Crippen LogP contribution is 2.42. The van der Waals surface area contributed by atoms with Crippen molar-refractivity contribution in [2.75, 3.05) is 18.9 Å². The first kappa shape index (κ1) is 30.4. The number of unbranched alkanes of at least 4 members (excludes halogenated alkanes) is 17. The Hall–Kier alpha value is -0.600. The first-order chi connectivity index (χ1) is 15.0. The zero-order valence-corrected chi connectivity index (χ0v) is 21.4. The van der Waals surface area contributed by atoms with E-state index < -0.39 is 7.37 Å². The van der Waals surface area contributed by atoms with Crippen LogP contribution in [0.1, 0.15) is 129 Å². The maximum atomic E-state index is 12.3. The summed E-state index contributed by atoms with van der Waals surface area (Å²) in [6.45, 7) is 6.06. The summed E-state index contributed by atoms with van der Waals surface area (Å²) in [5.41, 5.74) is 0. The third kappa shape index (κ3) is 23.9. The summed E-state index contributed by atoms with van der Waals surface area (Å²) in [5, 5.41) is 0. The van der Waals surface area contributed by atoms with Crippen LogP contribution in [0.3, 0.4) is 0 Å². The van der Waals surface area contributed by atoms with Crippen LogP contribution in [0.25, 0.3) is 0 Å². The largest absolute Gasteiger partial charge is 0.463 e. The first-order valence-corrected chi connectivity index (χ1v) is 15.1. The van der Waals surface area contributed by atoms with E-state index in [-0.39, 0.29) is 5.97 Å². The molecule has 0 aromatic rings. The molecule has 1 unspecified atom stereocenters. The molecule has 0 aliphatic rings. The first-order valence-electron chi connectivity index (χ1n) is 13.1. The van der Waals surface area contributed by atoms with Crippen LogP contribution in [0.5, 0.6) is 0 Å². The molecular weight excluding hydrogens is 407 g/mol. The second-order valence-electron chi connectivity index (χ2n) is 9.03. The van der Waals surface area contributed by atoms with Crippen molar-refractivity contribution < 1.29 is 19.0 Å². The Morgan fingerprint density at radius 2 is 1.06 bits per heavy atom. The Labute approximate surface area is 193 Å². The standard InChI is InChI=1S/C26H51O4P/c1-3-5-6-7-8-9-10-11-12-13-14-15-18-21-24-31(28,29)25-22-19-16-17-20-23-30-26(27)4-2/h4H,2-3,5-25H2,1H3,(H,28,29). The van der Waals surface area contributed by atoms with Crippen LogP contribution in [-0.4, -0.2) is 29.8 Å². The van der Waals surface area contributed by atoms with E-state index in [0.717, 1.165) is 44.9 Å². The smallest absolute Gasteiger partial charge is 0.330 e. The molecule has 0 aliphatic heterocycles. The topological polar surface area (TPSA) is 63.6 Å². The molecule has 0 saturated carbocycles. The van der Waals surface area contributed by atoms with Gasteiger partial charge in [0.05, 0.1) is 6.61 Å². The number of carbonyl (C=O) groups is 1. The molecule has 0 aliphatic carbocycles. The molecular formula is C26H51O4P. The van der Waals surface area contributed by atoms with Gasteiger partial charge in [0.1, 0.15) is 0 Å². The van der Waals surface area contributed by atoms with Gasteiger partial charge in [-0.05, 0) is 19.3 Å². The number of carbonyl (C=O) groups excluding carboxylic acids is 1. The van der Waals surface area contributed by atoms with Crippen LogP contribution in [0.15, 0.2) is 12.7 Å². The minimum atomic E-state index is -2.94. The van der Waals surface area contributed by atoms with E-state index in [2.05, 4.69) is 13.5 Å². The molecule has 0 rings (SSSR count). The molecule has 0 bridgehead atoms. The van der Waals surface area contributed by atoms with Crippen LogP contribution < -0.4 is 0 Å². The van der Waals surface area contributed by atoms with Gasteiger partial charge in [-0.3, -0.25) is 4.57 Å². The van der Waals surface area contributed by atoms with Crippen molar-refractivity contribution in [3.05, 3.63) is 12.7 Å². The minimum Gasteiger partial charge on any atom is -0.463 e. The van der Waals surface area contributed by atoms with Gasteiger partial charge in [-0.25, -0.2) is 4.79 Å². The van der Waals surface area contributed by atoms with Crippen LogP contribution in [0.4, 0.5) is 0 Å². The molecule has 0 amide bonds. The molecule has 0 spiro atoms. The summed E-state index contributed by atoms with van der Waals surface area (Å²) in [5.74, 6) is -0.371. The van der Waals surface area contributed by atoms with E-state index in [0.29, 0.717) is 18.9 Å². The lowest BCUT2D eigenvalue weighted by atomic mass is 10.0. The van der Waals surface area contributed by atoms with Gasteiger partial charge in [0, 0.05) is 18.4 Å². The van der Waals surface area contributed by atoms with E-state index in [1.807, 2.05) is 0 Å². The molecule has 1 N–H and O–H groups in total. The average Bonchev–Trinajstić information content (AvgIpc) is 2.75. The molecule has 0 saturated heterocycles. The Balaban J connectivity index is 3.34. The number of ether oxygens (including phenoxy) is 1. The number of hydrogen-bond donors (Lipinski definition) is 1. The quantitative estimate of drug-likeness (QED) is 0.0682. The predicted molar refractivity (Wildman–Crippen MR) is 134 cm³/mol. The van der Waals surface area contributed by atoms with Gasteiger partial charge in [-0.1, -0.05) is 116 Å². The number of esters is 1. The van der Waals surface area contributed by atoms with Gasteiger partial charge in [0.15, 0.2) is 0 Å². The number of hydrogen-bond acceptors (Lipinski definition) is 3. The molecule has 5 heteroatoms. The summed E-state index contributed by atoms with van der Waals surface area (Å²) in [4.78, 5) is 21.0. The molecule has 0 radical (unpaired) electrons. The van der Waals surface area contributed by atoms with Crippen LogP contribution in [0.2, 0.25) is 0 Å². The van der Waals surface area contributed by atoms with Crippen molar-refractivity contribution in [3.8, 4) is 0 Å². The fourth-order valence-electron chi connectivity index (χ4n) is 3.89. The molecule has 31 heavy (non-hydrogen) atoms. The lowest BCUT2D eigenvalue weighted by Gasteiger charge is -2.11. The summed E-state index contributed by atoms with van der Waals surface area (Å²) in [6.07, 6.45) is 25.0. The molecule has 1 atom stereocenters. The summed E-state index contributed by atoms with van der Waals surface area (Å²) in [6, 6.07) is 0. The van der Waals surface area contributed by atoms with Gasteiger partial charge in [0.25, 0.3) is 0 Å². The highest BCUT2D eigenvalue weighted by Gasteiger charge is 2.16. The second kappa shape index (κ2) is 22.6. The van der Waals surface area contributed by atoms with E-state index in [1.165, 1.54) is 83.1 Å². The lowest BCUT2D eigenvalue weighted by molar-refractivity contribution is -0.137. The Morgan fingerprint density at radius 1 is 0.710 bits per heavy atom. The van der Waals surface area contributed by atoms with Crippen LogP contribution >= 0.6 is 7.37 Å². The summed E-state index contributed by atoms with van der Waals surface area (Å²) >= 11 is 0. The maximum absolute atomic E-state index is 12.3. The van der Waals surface area contributed by atoms with Gasteiger partial charge >= 0.3 is 5.97 Å². The molecule has 0 heterocycles. The van der Waals surface area contributed by atoms with E-state index in [4.69, 9.17) is 4.74 Å². The van der Waals surface area contributed by atoms with E-state index in [9.17, 15) is 14.3 Å². The molecule has 4 nitrogen and oxygen atoms in total. The van der Waals surface area contributed by atoms with E-state index >= 15 is 0 Å². The zero-order chi connectivity index (χ0) is 23.0. The van der Waals surface area contributed by atoms with Crippen LogP contribution in [0, 0.1) is 0 Å². The van der Waals surface area contributed by atoms with Gasteiger partial charge in [-0.15, -0.1) is 0 Å². The molecule has 0 aromatic heterocycles. The molecule has 0 aromatic carbocycles. The fraction of sp³-hybridized carbons (Fsp3) is 0.885. The van der Waals surface area contributed by atoms with Gasteiger partial charge in [0.2, 0.25) is 7.37 Å². The van der Waals surface area contributed by atoms with E-state index in [1.54, 1.807) is 0 Å². The SMILES string of the molecule is C=CC(=O)OCCCCCCCP(=O)(O)CCCCCCCCCCCCCCCC. The third-order valence-electron chi connectivity index (χ3n) is 5.92. The molecule has 184 valence electrons. The van der Waals surface area contributed by atoms with Crippen molar-refractivity contribution in [1.29, 1.82) is 0 Å². The van der Waals surface area contributed by atoms with Crippen molar-refractivity contribution in [2.24, 2.45) is 0 Å². The Bertz CT molecular complexity index is 464. The highest BCUT2D eigenvalue weighted by molar-refractivity contribution is 7.57. The van der Waals surface area contributed by atoms with Crippen molar-refractivity contribution >= 4 is 13.3 Å². The number of rotatable bonds is 24. The van der Waals surface area contributed by atoms with Gasteiger partial charge < -0.3 is 9.63 Å². The van der Waals surface area contributed by atoms with Gasteiger partial charge in [-0.2, -0.15) is 0 Å². The average molecular weight is 459 g/mol. The Morgan fingerprint density at radius 3 is 1.45 bits per heavy atom. The van der Waals surface area contributed by atoms with Crippen molar-refractivity contribution in [1.82, 2.24) is 0 Å². The zero-order valence-electron chi connectivity index (χ0n) is 20.5.